The van der Waals surface area contributed by atoms with E-state index in [-0.39, 0.29) is 6.42 Å². The fraction of sp³-hybridized carbons (Fsp3) is 0.250. The van der Waals surface area contributed by atoms with Crippen LogP contribution >= 0.6 is 0 Å². The number of rotatable bonds is 4. The zero-order valence-electron chi connectivity index (χ0n) is 9.50. The van der Waals surface area contributed by atoms with Gasteiger partial charge in [0.1, 0.15) is 0 Å². The van der Waals surface area contributed by atoms with Gasteiger partial charge in [0.2, 0.25) is 0 Å². The third-order valence-electron chi connectivity index (χ3n) is 2.59. The highest BCUT2D eigenvalue weighted by Crippen LogP contribution is 2.23. The number of carboxylic acid groups (broad SMARTS) is 1. The molecule has 0 atom stereocenters. The molecule has 0 aliphatic heterocycles. The first kappa shape index (κ1) is 11.3. The summed E-state index contributed by atoms with van der Waals surface area (Å²) in [6.07, 6.45) is 5.26. The summed E-state index contributed by atoms with van der Waals surface area (Å²) in [4.78, 5) is 20.8. The number of hydrogen-bond acceptors (Lipinski definition) is 4. The lowest BCUT2D eigenvalue weighted by molar-refractivity contribution is -0.136. The maximum atomic E-state index is 10.5. The van der Waals surface area contributed by atoms with Crippen molar-refractivity contribution in [1.29, 1.82) is 0 Å². The van der Waals surface area contributed by atoms with E-state index in [4.69, 9.17) is 5.11 Å². The molecule has 2 aromatic heterocycles. The molecule has 0 saturated carbocycles. The fourth-order valence-corrected chi connectivity index (χ4v) is 1.69. The molecule has 0 spiro atoms. The van der Waals surface area contributed by atoms with Gasteiger partial charge in [-0.2, -0.15) is 0 Å². The average molecular weight is 231 g/mol. The van der Waals surface area contributed by atoms with Gasteiger partial charge in [-0.05, 0) is 12.1 Å². The Hall–Kier alpha value is -2.17. The molecule has 0 amide bonds. The Morgan fingerprint density at radius 2 is 2.24 bits per heavy atom. The maximum Gasteiger partial charge on any atom is 0.305 e. The standard InChI is InChI=1S/C12H13N3O2/c1-15(7-4-12(16)17)11-3-6-14-10-2-5-13-8-9(10)11/h2-3,5-6,8H,4,7H2,1H3,(H,16,17). The first-order chi connectivity index (χ1) is 8.18. The van der Waals surface area contributed by atoms with E-state index in [1.165, 1.54) is 0 Å². The van der Waals surface area contributed by atoms with Gasteiger partial charge in [0.15, 0.2) is 0 Å². The van der Waals surface area contributed by atoms with Crippen molar-refractivity contribution in [2.45, 2.75) is 6.42 Å². The molecule has 0 unspecified atom stereocenters. The zero-order chi connectivity index (χ0) is 12.3. The smallest absolute Gasteiger partial charge is 0.305 e. The van der Waals surface area contributed by atoms with Crippen molar-refractivity contribution >= 4 is 22.6 Å². The molecule has 0 aliphatic rings. The predicted octanol–water partition coefficient (Wildman–Crippen LogP) is 1.54. The minimum atomic E-state index is -0.798. The van der Waals surface area contributed by atoms with Gasteiger partial charge in [0, 0.05) is 43.3 Å². The topological polar surface area (TPSA) is 66.3 Å². The maximum absolute atomic E-state index is 10.5. The summed E-state index contributed by atoms with van der Waals surface area (Å²) in [6, 6.07) is 3.70. The highest BCUT2D eigenvalue weighted by Gasteiger charge is 2.08. The van der Waals surface area contributed by atoms with Crippen LogP contribution in [0.2, 0.25) is 0 Å². The summed E-state index contributed by atoms with van der Waals surface area (Å²) < 4.78 is 0. The molecule has 0 aliphatic carbocycles. The molecule has 0 fully saturated rings. The number of carboxylic acids is 1. The molecule has 0 radical (unpaired) electrons. The van der Waals surface area contributed by atoms with Crippen LogP contribution in [0.25, 0.3) is 10.9 Å². The van der Waals surface area contributed by atoms with E-state index >= 15 is 0 Å². The molecule has 0 bridgehead atoms. The van der Waals surface area contributed by atoms with Gasteiger partial charge in [0.05, 0.1) is 11.9 Å². The second kappa shape index (κ2) is 4.78. The first-order valence-corrected chi connectivity index (χ1v) is 5.30. The minimum absolute atomic E-state index is 0.112. The SMILES string of the molecule is CN(CCC(=O)O)c1ccnc2ccncc12. The molecule has 5 nitrogen and oxygen atoms in total. The van der Waals surface area contributed by atoms with Crippen LogP contribution in [0.4, 0.5) is 5.69 Å². The number of hydrogen-bond donors (Lipinski definition) is 1. The molecular formula is C12H13N3O2. The molecule has 2 aromatic rings. The third-order valence-corrected chi connectivity index (χ3v) is 2.59. The summed E-state index contributed by atoms with van der Waals surface area (Å²) >= 11 is 0. The van der Waals surface area contributed by atoms with Gasteiger partial charge in [-0.3, -0.25) is 14.8 Å². The zero-order valence-corrected chi connectivity index (χ0v) is 9.50. The Labute approximate surface area is 98.7 Å². The van der Waals surface area contributed by atoms with Crippen LogP contribution in [-0.2, 0) is 4.79 Å². The molecule has 2 heterocycles. The van der Waals surface area contributed by atoms with Crippen LogP contribution in [0.15, 0.2) is 30.7 Å². The van der Waals surface area contributed by atoms with E-state index in [0.29, 0.717) is 6.54 Å². The van der Waals surface area contributed by atoms with Crippen LogP contribution in [-0.4, -0.2) is 34.6 Å². The number of carbonyl (C=O) groups is 1. The fourth-order valence-electron chi connectivity index (χ4n) is 1.69. The molecule has 17 heavy (non-hydrogen) atoms. The summed E-state index contributed by atoms with van der Waals surface area (Å²) in [5.41, 5.74) is 1.81. The van der Waals surface area contributed by atoms with Crippen molar-refractivity contribution in [3.05, 3.63) is 30.7 Å². The van der Waals surface area contributed by atoms with Crippen LogP contribution in [0, 0.1) is 0 Å². The van der Waals surface area contributed by atoms with E-state index in [0.717, 1.165) is 16.6 Å². The van der Waals surface area contributed by atoms with Gasteiger partial charge in [-0.25, -0.2) is 0 Å². The normalized spacial score (nSPS) is 10.4. The summed E-state index contributed by atoms with van der Waals surface area (Å²) in [5.74, 6) is -0.798. The number of aromatic nitrogens is 2. The van der Waals surface area contributed by atoms with Crippen molar-refractivity contribution in [3.8, 4) is 0 Å². The van der Waals surface area contributed by atoms with E-state index in [2.05, 4.69) is 9.97 Å². The number of pyridine rings is 2. The van der Waals surface area contributed by atoms with Crippen molar-refractivity contribution in [3.63, 3.8) is 0 Å². The molecule has 0 saturated heterocycles. The quantitative estimate of drug-likeness (QED) is 0.864. The second-order valence-electron chi connectivity index (χ2n) is 3.79. The van der Waals surface area contributed by atoms with Crippen LogP contribution in [0.3, 0.4) is 0 Å². The molecule has 0 aromatic carbocycles. The number of aliphatic carboxylic acids is 1. The van der Waals surface area contributed by atoms with Crippen LogP contribution in [0.1, 0.15) is 6.42 Å². The minimum Gasteiger partial charge on any atom is -0.481 e. The van der Waals surface area contributed by atoms with Gasteiger partial charge >= 0.3 is 5.97 Å². The lowest BCUT2D eigenvalue weighted by Gasteiger charge is -2.19. The van der Waals surface area contributed by atoms with Crippen molar-refractivity contribution in [1.82, 2.24) is 9.97 Å². The highest BCUT2D eigenvalue weighted by atomic mass is 16.4. The summed E-state index contributed by atoms with van der Waals surface area (Å²) in [6.45, 7) is 0.462. The van der Waals surface area contributed by atoms with Crippen LogP contribution < -0.4 is 4.90 Å². The van der Waals surface area contributed by atoms with Gasteiger partial charge in [0.25, 0.3) is 0 Å². The molecular weight excluding hydrogens is 218 g/mol. The average Bonchev–Trinajstić information content (AvgIpc) is 2.35. The van der Waals surface area contributed by atoms with Crippen molar-refractivity contribution < 1.29 is 9.90 Å². The second-order valence-corrected chi connectivity index (χ2v) is 3.79. The Bertz CT molecular complexity index is 537. The third kappa shape index (κ3) is 2.50. The Kier molecular flexibility index (Phi) is 3.18. The van der Waals surface area contributed by atoms with Gasteiger partial charge < -0.3 is 10.0 Å². The monoisotopic (exact) mass is 231 g/mol. The summed E-state index contributed by atoms with van der Waals surface area (Å²) in [5, 5.41) is 9.60. The van der Waals surface area contributed by atoms with Gasteiger partial charge in [-0.1, -0.05) is 0 Å². The molecule has 2 rings (SSSR count). The number of anilines is 1. The Morgan fingerprint density at radius 1 is 1.41 bits per heavy atom. The van der Waals surface area contributed by atoms with E-state index in [9.17, 15) is 4.79 Å². The van der Waals surface area contributed by atoms with E-state index in [1.807, 2.05) is 24.1 Å². The van der Waals surface area contributed by atoms with Crippen molar-refractivity contribution in [2.24, 2.45) is 0 Å². The summed E-state index contributed by atoms with van der Waals surface area (Å²) in [7, 11) is 1.87. The largest absolute Gasteiger partial charge is 0.481 e. The Balaban J connectivity index is 2.31. The van der Waals surface area contributed by atoms with Gasteiger partial charge in [-0.15, -0.1) is 0 Å². The number of nitrogens with zero attached hydrogens (tertiary/aromatic N) is 3. The predicted molar refractivity (Wildman–Crippen MR) is 65.1 cm³/mol. The first-order valence-electron chi connectivity index (χ1n) is 5.30. The number of fused-ring (bicyclic) bond motifs is 1. The lowest BCUT2D eigenvalue weighted by atomic mass is 10.2. The lowest BCUT2D eigenvalue weighted by Crippen LogP contribution is -2.21. The molecule has 1 N–H and O–H groups in total. The molecule has 5 heteroatoms. The van der Waals surface area contributed by atoms with E-state index in [1.54, 1.807) is 18.6 Å². The Morgan fingerprint density at radius 3 is 3.00 bits per heavy atom. The highest BCUT2D eigenvalue weighted by molar-refractivity contribution is 5.90. The van der Waals surface area contributed by atoms with Crippen LogP contribution in [0.5, 0.6) is 0 Å². The van der Waals surface area contributed by atoms with Crippen molar-refractivity contribution in [2.75, 3.05) is 18.5 Å². The van der Waals surface area contributed by atoms with E-state index < -0.39 is 5.97 Å². The molecule has 88 valence electrons.